The van der Waals surface area contributed by atoms with E-state index in [1.54, 1.807) is 14.2 Å². The molecule has 0 aliphatic carbocycles. The van der Waals surface area contributed by atoms with Gasteiger partial charge in [0.05, 0.1) is 18.2 Å². The van der Waals surface area contributed by atoms with Gasteiger partial charge in [0.15, 0.2) is 0 Å². The summed E-state index contributed by atoms with van der Waals surface area (Å²) in [6, 6.07) is 10.2. The number of carbonyl (C=O) groups is 1. The van der Waals surface area contributed by atoms with E-state index in [4.69, 9.17) is 14.2 Å². The topological polar surface area (TPSA) is 68.8 Å². The summed E-state index contributed by atoms with van der Waals surface area (Å²) < 4.78 is 17.2. The number of hydrogen-bond donors (Lipinski definition) is 2. The zero-order chi connectivity index (χ0) is 22.9. The summed E-state index contributed by atoms with van der Waals surface area (Å²) >= 11 is 0. The van der Waals surface area contributed by atoms with Gasteiger partial charge >= 0.3 is 6.09 Å². The number of nitrogens with one attached hydrogen (secondary N) is 2. The van der Waals surface area contributed by atoms with E-state index in [1.807, 2.05) is 30.4 Å². The van der Waals surface area contributed by atoms with Crippen molar-refractivity contribution < 1.29 is 19.0 Å². The molecule has 2 aliphatic heterocycles. The largest absolute Gasteiger partial charge is 0.496 e. The van der Waals surface area contributed by atoms with Gasteiger partial charge in [0.2, 0.25) is 0 Å². The Kier molecular flexibility index (Phi) is 5.87. The van der Waals surface area contributed by atoms with Crippen LogP contribution in [0, 0.1) is 0 Å². The number of fused-ring (bicyclic) bond motifs is 5. The lowest BCUT2D eigenvalue weighted by Gasteiger charge is -2.37. The van der Waals surface area contributed by atoms with Crippen molar-refractivity contribution in [3.05, 3.63) is 59.7 Å². The van der Waals surface area contributed by atoms with Crippen molar-refractivity contribution in [3.63, 3.8) is 0 Å². The molecule has 0 spiro atoms. The number of amides is 1. The number of hydrogen-bond acceptors (Lipinski definition) is 5. The fourth-order valence-corrected chi connectivity index (χ4v) is 4.60. The molecular weight excluding hydrogens is 404 g/mol. The Morgan fingerprint density at radius 1 is 1.22 bits per heavy atom. The molecule has 2 aliphatic rings. The van der Waals surface area contributed by atoms with Gasteiger partial charge in [-0.15, -0.1) is 0 Å². The molecule has 0 radical (unpaired) electrons. The Morgan fingerprint density at radius 3 is 2.78 bits per heavy atom. The molecule has 2 aromatic rings. The highest BCUT2D eigenvalue weighted by atomic mass is 16.5. The SMILES string of the molecule is CNC(=O)OC/C=C/CC1Oc2cccc(OC)c2-c2ccc3c(c21)C(C)=CC(C)(C)N3. The van der Waals surface area contributed by atoms with Crippen LogP contribution in [0.4, 0.5) is 10.5 Å². The van der Waals surface area contributed by atoms with E-state index in [2.05, 4.69) is 49.6 Å². The lowest BCUT2D eigenvalue weighted by atomic mass is 9.81. The number of methoxy groups -OCH3 is 1. The second-order valence-electron chi connectivity index (χ2n) is 8.62. The summed E-state index contributed by atoms with van der Waals surface area (Å²) in [5.41, 5.74) is 6.63. The van der Waals surface area contributed by atoms with E-state index >= 15 is 0 Å². The van der Waals surface area contributed by atoms with Crippen molar-refractivity contribution >= 4 is 17.4 Å². The van der Waals surface area contributed by atoms with Gasteiger partial charge in [-0.25, -0.2) is 4.79 Å². The second-order valence-corrected chi connectivity index (χ2v) is 8.62. The van der Waals surface area contributed by atoms with Crippen LogP contribution >= 0.6 is 0 Å². The Morgan fingerprint density at radius 2 is 2.03 bits per heavy atom. The maximum atomic E-state index is 11.3. The lowest BCUT2D eigenvalue weighted by Crippen LogP contribution is -2.32. The van der Waals surface area contributed by atoms with Crippen LogP contribution in [0.25, 0.3) is 16.7 Å². The first-order valence-corrected chi connectivity index (χ1v) is 10.8. The van der Waals surface area contributed by atoms with E-state index in [-0.39, 0.29) is 18.2 Å². The van der Waals surface area contributed by atoms with Gasteiger partial charge in [0, 0.05) is 30.3 Å². The van der Waals surface area contributed by atoms with Crippen molar-refractivity contribution in [2.45, 2.75) is 38.8 Å². The molecule has 0 fully saturated rings. The number of rotatable bonds is 5. The number of allylic oxidation sites excluding steroid dienone is 1. The van der Waals surface area contributed by atoms with Crippen LogP contribution < -0.4 is 20.1 Å². The standard InChI is InChI=1S/C26H30N2O4/c1-16-15-26(2,3)28-18-13-12-17-23-19(30-5)10-8-11-20(23)32-21(24(17)22(16)18)9-6-7-14-31-25(29)27-4/h6-8,10-13,15,21,28H,9,14H2,1-5H3,(H,27,29)/b7-6+. The Labute approximate surface area is 189 Å². The highest BCUT2D eigenvalue weighted by molar-refractivity contribution is 5.91. The van der Waals surface area contributed by atoms with Crippen LogP contribution in [0.1, 0.15) is 44.4 Å². The molecule has 168 valence electrons. The summed E-state index contributed by atoms with van der Waals surface area (Å²) in [5, 5.41) is 6.08. The van der Waals surface area contributed by atoms with Gasteiger partial charge in [0.25, 0.3) is 0 Å². The molecule has 32 heavy (non-hydrogen) atoms. The molecule has 0 saturated carbocycles. The molecule has 2 N–H and O–H groups in total. The van der Waals surface area contributed by atoms with Crippen LogP contribution in [-0.2, 0) is 4.74 Å². The highest BCUT2D eigenvalue weighted by Crippen LogP contribution is 2.52. The molecule has 0 saturated heterocycles. The van der Waals surface area contributed by atoms with E-state index in [0.29, 0.717) is 6.42 Å². The van der Waals surface area contributed by atoms with E-state index in [9.17, 15) is 4.79 Å². The molecule has 0 aromatic heterocycles. The number of anilines is 1. The van der Waals surface area contributed by atoms with Crippen LogP contribution in [0.5, 0.6) is 11.5 Å². The first-order chi connectivity index (χ1) is 15.3. The third kappa shape index (κ3) is 4.05. The summed E-state index contributed by atoms with van der Waals surface area (Å²) in [6.45, 7) is 6.70. The molecule has 4 rings (SSSR count). The Hall–Kier alpha value is -3.41. The van der Waals surface area contributed by atoms with Crippen LogP contribution in [0.3, 0.4) is 0 Å². The summed E-state index contributed by atoms with van der Waals surface area (Å²) in [4.78, 5) is 11.3. The molecule has 1 unspecified atom stereocenters. The number of alkyl carbamates (subject to hydrolysis) is 1. The average Bonchev–Trinajstić information content (AvgIpc) is 2.76. The fourth-order valence-electron chi connectivity index (χ4n) is 4.60. The third-order valence-electron chi connectivity index (χ3n) is 5.77. The predicted octanol–water partition coefficient (Wildman–Crippen LogP) is 5.71. The molecule has 6 heteroatoms. The molecule has 1 amide bonds. The maximum absolute atomic E-state index is 11.3. The van der Waals surface area contributed by atoms with Crippen molar-refractivity contribution in [1.82, 2.24) is 5.32 Å². The van der Waals surface area contributed by atoms with Crippen LogP contribution in [0.15, 0.2) is 48.6 Å². The maximum Gasteiger partial charge on any atom is 0.407 e. The Bertz CT molecular complexity index is 1100. The number of carbonyl (C=O) groups excluding carboxylic acids is 1. The minimum absolute atomic E-state index is 0.122. The molecule has 0 bridgehead atoms. The molecule has 2 aromatic carbocycles. The second kappa shape index (κ2) is 8.61. The van der Waals surface area contributed by atoms with Gasteiger partial charge < -0.3 is 24.8 Å². The molecular formula is C26H30N2O4. The van der Waals surface area contributed by atoms with Gasteiger partial charge in [0.1, 0.15) is 24.2 Å². The fraction of sp³-hybridized carbons (Fsp3) is 0.346. The number of benzene rings is 2. The average molecular weight is 435 g/mol. The zero-order valence-electron chi connectivity index (χ0n) is 19.2. The van der Waals surface area contributed by atoms with E-state index in [1.165, 1.54) is 11.1 Å². The third-order valence-corrected chi connectivity index (χ3v) is 5.77. The van der Waals surface area contributed by atoms with E-state index in [0.717, 1.165) is 33.9 Å². The van der Waals surface area contributed by atoms with Crippen LogP contribution in [-0.4, -0.2) is 32.4 Å². The lowest BCUT2D eigenvalue weighted by molar-refractivity contribution is 0.160. The molecule has 6 nitrogen and oxygen atoms in total. The molecule has 2 heterocycles. The minimum atomic E-state index is -0.446. The van der Waals surface area contributed by atoms with Gasteiger partial charge in [-0.1, -0.05) is 30.4 Å². The van der Waals surface area contributed by atoms with Crippen molar-refractivity contribution in [1.29, 1.82) is 0 Å². The summed E-state index contributed by atoms with van der Waals surface area (Å²) in [6.07, 6.45) is 6.13. The van der Waals surface area contributed by atoms with Crippen molar-refractivity contribution in [2.75, 3.05) is 26.1 Å². The van der Waals surface area contributed by atoms with E-state index < -0.39 is 6.09 Å². The number of ether oxygens (including phenoxy) is 3. The smallest absolute Gasteiger partial charge is 0.407 e. The first-order valence-electron chi connectivity index (χ1n) is 10.8. The van der Waals surface area contributed by atoms with Gasteiger partial charge in [-0.2, -0.15) is 0 Å². The monoisotopic (exact) mass is 434 g/mol. The van der Waals surface area contributed by atoms with Crippen molar-refractivity contribution in [2.24, 2.45) is 0 Å². The first kappa shape index (κ1) is 21.8. The normalized spacial score (nSPS) is 17.8. The summed E-state index contributed by atoms with van der Waals surface area (Å²) in [5.74, 6) is 1.60. The van der Waals surface area contributed by atoms with Gasteiger partial charge in [-0.3, -0.25) is 0 Å². The van der Waals surface area contributed by atoms with Crippen LogP contribution in [0.2, 0.25) is 0 Å². The molecule has 1 atom stereocenters. The van der Waals surface area contributed by atoms with Gasteiger partial charge in [-0.05, 0) is 50.1 Å². The summed E-state index contributed by atoms with van der Waals surface area (Å²) in [7, 11) is 3.23. The minimum Gasteiger partial charge on any atom is -0.496 e. The Balaban J connectivity index is 1.77. The zero-order valence-corrected chi connectivity index (χ0v) is 19.2. The highest BCUT2D eigenvalue weighted by Gasteiger charge is 2.34. The quantitative estimate of drug-likeness (QED) is 0.591. The predicted molar refractivity (Wildman–Crippen MR) is 127 cm³/mol. The van der Waals surface area contributed by atoms with Crippen molar-refractivity contribution in [3.8, 4) is 22.6 Å².